The van der Waals surface area contributed by atoms with Crippen molar-refractivity contribution in [3.8, 4) is 10.6 Å². The zero-order chi connectivity index (χ0) is 14.2. The van der Waals surface area contributed by atoms with Crippen molar-refractivity contribution in [2.75, 3.05) is 0 Å². The Kier molecular flexibility index (Phi) is 3.45. The van der Waals surface area contributed by atoms with Crippen LogP contribution in [0.3, 0.4) is 0 Å². The number of hydrogen-bond acceptors (Lipinski definition) is 4. The van der Waals surface area contributed by atoms with E-state index in [4.69, 9.17) is 5.11 Å². The Morgan fingerprint density at radius 3 is 2.74 bits per heavy atom. The highest BCUT2D eigenvalue weighted by Crippen LogP contribution is 2.33. The Balaban J connectivity index is 2.42. The number of thiazole rings is 1. The lowest BCUT2D eigenvalue weighted by atomic mass is 9.90. The SMILES string of the molecule is Cn1cc(-c2nc(CC(=O)O)cs2)c(C(C)(C)C)n1. The summed E-state index contributed by atoms with van der Waals surface area (Å²) in [7, 11) is 1.88. The molecule has 0 amide bonds. The summed E-state index contributed by atoms with van der Waals surface area (Å²) in [4.78, 5) is 15.1. The molecule has 0 spiro atoms. The van der Waals surface area contributed by atoms with Crippen molar-refractivity contribution >= 4 is 17.3 Å². The Labute approximate surface area is 115 Å². The summed E-state index contributed by atoms with van der Waals surface area (Å²) in [6.45, 7) is 6.31. The molecule has 5 nitrogen and oxygen atoms in total. The van der Waals surface area contributed by atoms with Gasteiger partial charge in [-0.1, -0.05) is 20.8 Å². The first-order chi connectivity index (χ1) is 8.77. The molecule has 0 aliphatic heterocycles. The van der Waals surface area contributed by atoms with Gasteiger partial charge in [-0.2, -0.15) is 5.10 Å². The molecule has 0 aliphatic carbocycles. The number of aromatic nitrogens is 3. The number of carboxylic acids is 1. The molecule has 6 heteroatoms. The van der Waals surface area contributed by atoms with E-state index < -0.39 is 5.97 Å². The van der Waals surface area contributed by atoms with Crippen LogP contribution >= 0.6 is 11.3 Å². The summed E-state index contributed by atoms with van der Waals surface area (Å²) >= 11 is 1.46. The Hall–Kier alpha value is -1.69. The first kappa shape index (κ1) is 13.7. The van der Waals surface area contributed by atoms with Gasteiger partial charge in [0.1, 0.15) is 5.01 Å². The monoisotopic (exact) mass is 279 g/mol. The molecule has 0 unspecified atom stereocenters. The largest absolute Gasteiger partial charge is 0.481 e. The molecule has 19 heavy (non-hydrogen) atoms. The summed E-state index contributed by atoms with van der Waals surface area (Å²) in [5, 5.41) is 15.9. The number of rotatable bonds is 3. The Bertz CT molecular complexity index is 608. The molecule has 2 aromatic heterocycles. The lowest BCUT2D eigenvalue weighted by Gasteiger charge is -2.16. The van der Waals surface area contributed by atoms with Gasteiger partial charge in [0.15, 0.2) is 0 Å². The first-order valence-corrected chi connectivity index (χ1v) is 6.86. The lowest BCUT2D eigenvalue weighted by molar-refractivity contribution is -0.136. The van der Waals surface area contributed by atoms with Gasteiger partial charge in [0, 0.05) is 24.0 Å². The van der Waals surface area contributed by atoms with Crippen LogP contribution in [0.1, 0.15) is 32.2 Å². The van der Waals surface area contributed by atoms with E-state index in [9.17, 15) is 4.79 Å². The van der Waals surface area contributed by atoms with Crippen LogP contribution in [-0.2, 0) is 23.7 Å². The first-order valence-electron chi connectivity index (χ1n) is 5.98. The highest BCUT2D eigenvalue weighted by atomic mass is 32.1. The minimum Gasteiger partial charge on any atom is -0.481 e. The molecular formula is C13H17N3O2S. The molecular weight excluding hydrogens is 262 g/mol. The third kappa shape index (κ3) is 3.01. The van der Waals surface area contributed by atoms with Crippen molar-refractivity contribution in [2.24, 2.45) is 7.05 Å². The number of hydrogen-bond donors (Lipinski definition) is 1. The highest BCUT2D eigenvalue weighted by molar-refractivity contribution is 7.13. The van der Waals surface area contributed by atoms with Crippen LogP contribution in [0, 0.1) is 0 Å². The van der Waals surface area contributed by atoms with Crippen molar-refractivity contribution in [3.63, 3.8) is 0 Å². The summed E-state index contributed by atoms with van der Waals surface area (Å²) < 4.78 is 1.77. The molecule has 2 aromatic rings. The van der Waals surface area contributed by atoms with E-state index >= 15 is 0 Å². The number of aryl methyl sites for hydroxylation is 1. The number of nitrogens with zero attached hydrogens (tertiary/aromatic N) is 3. The second-order valence-electron chi connectivity index (χ2n) is 5.53. The molecule has 1 N–H and O–H groups in total. The minimum absolute atomic E-state index is 0.0401. The molecule has 0 aliphatic rings. The smallest absolute Gasteiger partial charge is 0.309 e. The molecule has 0 bridgehead atoms. The minimum atomic E-state index is -0.862. The quantitative estimate of drug-likeness (QED) is 0.937. The molecule has 2 rings (SSSR count). The molecule has 0 saturated carbocycles. The van der Waals surface area contributed by atoms with Crippen LogP contribution < -0.4 is 0 Å². The maximum atomic E-state index is 10.7. The fraction of sp³-hybridized carbons (Fsp3) is 0.462. The van der Waals surface area contributed by atoms with Gasteiger partial charge in [-0.05, 0) is 0 Å². The van der Waals surface area contributed by atoms with Gasteiger partial charge in [-0.25, -0.2) is 4.98 Å². The van der Waals surface area contributed by atoms with Gasteiger partial charge in [0.25, 0.3) is 0 Å². The van der Waals surface area contributed by atoms with Crippen LogP contribution in [0.4, 0.5) is 0 Å². The number of carboxylic acid groups (broad SMARTS) is 1. The van der Waals surface area contributed by atoms with Crippen LogP contribution in [-0.4, -0.2) is 25.8 Å². The van der Waals surface area contributed by atoms with Gasteiger partial charge in [0.05, 0.1) is 23.4 Å². The molecule has 0 aromatic carbocycles. The van der Waals surface area contributed by atoms with E-state index in [1.165, 1.54) is 11.3 Å². The molecule has 0 fully saturated rings. The lowest BCUT2D eigenvalue weighted by Crippen LogP contribution is -2.13. The van der Waals surface area contributed by atoms with Crippen LogP contribution in [0.2, 0.25) is 0 Å². The maximum absolute atomic E-state index is 10.7. The zero-order valence-electron chi connectivity index (χ0n) is 11.5. The molecule has 0 radical (unpaired) electrons. The topological polar surface area (TPSA) is 68.0 Å². The van der Waals surface area contributed by atoms with Crippen molar-refractivity contribution < 1.29 is 9.90 Å². The van der Waals surface area contributed by atoms with Gasteiger partial charge < -0.3 is 5.11 Å². The number of carbonyl (C=O) groups is 1. The van der Waals surface area contributed by atoms with Gasteiger partial charge >= 0.3 is 5.97 Å². The predicted molar refractivity (Wildman–Crippen MR) is 74.4 cm³/mol. The fourth-order valence-corrected chi connectivity index (χ4v) is 2.70. The van der Waals surface area contributed by atoms with Crippen molar-refractivity contribution in [1.29, 1.82) is 0 Å². The van der Waals surface area contributed by atoms with Gasteiger partial charge in [-0.15, -0.1) is 11.3 Å². The fourth-order valence-electron chi connectivity index (χ4n) is 1.87. The standard InChI is InChI=1S/C13H17N3O2S/c1-13(2,3)11-9(6-16(4)15-11)12-14-8(7-19-12)5-10(17)18/h6-7H,5H2,1-4H3,(H,17,18). The van der Waals surface area contributed by atoms with E-state index in [2.05, 4.69) is 30.9 Å². The summed E-state index contributed by atoms with van der Waals surface area (Å²) in [5.74, 6) is -0.862. The second-order valence-corrected chi connectivity index (χ2v) is 6.39. The summed E-state index contributed by atoms with van der Waals surface area (Å²) in [6, 6.07) is 0. The van der Waals surface area contributed by atoms with E-state index in [1.807, 2.05) is 13.2 Å². The third-order valence-corrected chi connectivity index (χ3v) is 3.58. The van der Waals surface area contributed by atoms with Crippen LogP contribution in [0.25, 0.3) is 10.6 Å². The van der Waals surface area contributed by atoms with Crippen molar-refractivity contribution in [1.82, 2.24) is 14.8 Å². The second kappa shape index (κ2) is 4.77. The maximum Gasteiger partial charge on any atom is 0.309 e. The average Bonchev–Trinajstić information content (AvgIpc) is 2.82. The van der Waals surface area contributed by atoms with Gasteiger partial charge in [0.2, 0.25) is 0 Å². The molecule has 102 valence electrons. The van der Waals surface area contributed by atoms with E-state index in [1.54, 1.807) is 10.1 Å². The van der Waals surface area contributed by atoms with Crippen molar-refractivity contribution in [3.05, 3.63) is 23.0 Å². The molecule has 0 atom stereocenters. The van der Waals surface area contributed by atoms with E-state index in [-0.39, 0.29) is 11.8 Å². The molecule has 0 saturated heterocycles. The predicted octanol–water partition coefficient (Wildman–Crippen LogP) is 2.47. The summed E-state index contributed by atoms with van der Waals surface area (Å²) in [5.41, 5.74) is 2.48. The third-order valence-electron chi connectivity index (χ3n) is 2.65. The Morgan fingerprint density at radius 2 is 2.16 bits per heavy atom. The highest BCUT2D eigenvalue weighted by Gasteiger charge is 2.24. The molecule has 2 heterocycles. The van der Waals surface area contributed by atoms with Gasteiger partial charge in [-0.3, -0.25) is 9.48 Å². The zero-order valence-corrected chi connectivity index (χ0v) is 12.3. The normalized spacial score (nSPS) is 11.8. The van der Waals surface area contributed by atoms with Crippen LogP contribution in [0.15, 0.2) is 11.6 Å². The van der Waals surface area contributed by atoms with E-state index in [0.717, 1.165) is 16.3 Å². The number of aliphatic carboxylic acids is 1. The Morgan fingerprint density at radius 1 is 1.47 bits per heavy atom. The van der Waals surface area contributed by atoms with E-state index in [0.29, 0.717) is 5.69 Å². The van der Waals surface area contributed by atoms with Crippen molar-refractivity contribution in [2.45, 2.75) is 32.6 Å². The van der Waals surface area contributed by atoms with Crippen LogP contribution in [0.5, 0.6) is 0 Å². The average molecular weight is 279 g/mol. The summed E-state index contributed by atoms with van der Waals surface area (Å²) in [6.07, 6.45) is 1.89.